The third kappa shape index (κ3) is 5.61. The fourth-order valence-corrected chi connectivity index (χ4v) is 9.04. The zero-order valence-corrected chi connectivity index (χ0v) is 32.6. The minimum atomic E-state index is 0.703. The highest BCUT2D eigenvalue weighted by Crippen LogP contribution is 2.39. The Balaban J connectivity index is 0.977. The second kappa shape index (κ2) is 13.8. The van der Waals surface area contributed by atoms with Crippen LogP contribution >= 0.6 is 0 Å². The Morgan fingerprint density at radius 3 is 1.32 bits per heavy atom. The molecule has 12 aromatic rings. The van der Waals surface area contributed by atoms with Crippen molar-refractivity contribution in [3.05, 3.63) is 218 Å². The van der Waals surface area contributed by atoms with Gasteiger partial charge in [-0.25, -0.2) is 9.97 Å². The molecule has 0 bridgehead atoms. The van der Waals surface area contributed by atoms with E-state index in [1.165, 1.54) is 60.4 Å². The molecule has 0 saturated heterocycles. The first-order valence-corrected chi connectivity index (χ1v) is 20.4. The summed E-state index contributed by atoms with van der Waals surface area (Å²) in [5, 5.41) is 7.25. The number of aromatic nitrogens is 4. The molecule has 0 unspecified atom stereocenters. The summed E-state index contributed by atoms with van der Waals surface area (Å²) in [7, 11) is 0. The zero-order chi connectivity index (χ0) is 39.6. The molecular weight excluding hydrogens is 729 g/mol. The first kappa shape index (κ1) is 34.0. The molecule has 0 amide bonds. The number of hydrogen-bond donors (Lipinski definition) is 0. The van der Waals surface area contributed by atoms with Crippen molar-refractivity contribution < 1.29 is 0 Å². The van der Waals surface area contributed by atoms with Crippen LogP contribution in [0.3, 0.4) is 0 Å². The van der Waals surface area contributed by atoms with E-state index in [0.29, 0.717) is 5.82 Å². The first-order chi connectivity index (χ1) is 29.7. The van der Waals surface area contributed by atoms with E-state index in [1.807, 2.05) is 12.1 Å². The van der Waals surface area contributed by atoms with Gasteiger partial charge in [0.25, 0.3) is 0 Å². The normalized spacial score (nSPS) is 11.7. The number of nitrogens with zero attached hydrogens (tertiary/aromatic N) is 4. The molecule has 0 atom stereocenters. The van der Waals surface area contributed by atoms with Crippen molar-refractivity contribution in [1.82, 2.24) is 19.1 Å². The predicted octanol–water partition coefficient (Wildman–Crippen LogP) is 14.5. The number of hydrogen-bond acceptors (Lipinski definition) is 2. The molecule has 60 heavy (non-hydrogen) atoms. The van der Waals surface area contributed by atoms with Gasteiger partial charge in [0.15, 0.2) is 5.82 Å². The van der Waals surface area contributed by atoms with E-state index in [4.69, 9.17) is 9.97 Å². The number of para-hydroxylation sites is 3. The fourth-order valence-electron chi connectivity index (χ4n) is 9.04. The SMILES string of the molecule is c1ccc(-c2cc(-c3ccccc3)nc(-c3ccc4ccc(-n5c6ccccc6c6cc(-c7ccc8c(c7)c7ccccc7n8-c7ccccc7)ccc65)cc4c3)n2)cc1. The van der Waals surface area contributed by atoms with Crippen molar-refractivity contribution in [1.29, 1.82) is 0 Å². The summed E-state index contributed by atoms with van der Waals surface area (Å²) < 4.78 is 4.77. The summed E-state index contributed by atoms with van der Waals surface area (Å²) in [5.41, 5.74) is 14.3. The Morgan fingerprint density at radius 2 is 0.733 bits per heavy atom. The molecule has 0 N–H and O–H groups in total. The van der Waals surface area contributed by atoms with Crippen LogP contribution in [0.5, 0.6) is 0 Å². The highest BCUT2D eigenvalue weighted by atomic mass is 15.0. The molecule has 3 heterocycles. The molecule has 4 heteroatoms. The van der Waals surface area contributed by atoms with Gasteiger partial charge in [0.1, 0.15) is 0 Å². The van der Waals surface area contributed by atoms with E-state index in [1.54, 1.807) is 0 Å². The van der Waals surface area contributed by atoms with Crippen molar-refractivity contribution in [2.24, 2.45) is 0 Å². The van der Waals surface area contributed by atoms with Gasteiger partial charge in [0.2, 0.25) is 0 Å². The van der Waals surface area contributed by atoms with Crippen LogP contribution in [0.15, 0.2) is 218 Å². The van der Waals surface area contributed by atoms with Gasteiger partial charge in [-0.15, -0.1) is 0 Å². The predicted molar refractivity (Wildman–Crippen MR) is 250 cm³/mol. The molecule has 0 aliphatic heterocycles. The summed E-state index contributed by atoms with van der Waals surface area (Å²) in [5.74, 6) is 0.703. The molecule has 0 fully saturated rings. The molecule has 0 saturated carbocycles. The number of fused-ring (bicyclic) bond motifs is 7. The topological polar surface area (TPSA) is 35.6 Å². The Labute approximate surface area is 346 Å². The molecule has 12 rings (SSSR count). The second-order valence-electron chi connectivity index (χ2n) is 15.4. The third-order valence-electron chi connectivity index (χ3n) is 11.9. The van der Waals surface area contributed by atoms with Crippen LogP contribution in [0.25, 0.3) is 111 Å². The van der Waals surface area contributed by atoms with Crippen LogP contribution in [0, 0.1) is 0 Å². The van der Waals surface area contributed by atoms with Crippen LogP contribution in [0.4, 0.5) is 0 Å². The van der Waals surface area contributed by atoms with Crippen LogP contribution in [-0.2, 0) is 0 Å². The maximum absolute atomic E-state index is 5.12. The van der Waals surface area contributed by atoms with E-state index < -0.39 is 0 Å². The highest BCUT2D eigenvalue weighted by molar-refractivity contribution is 6.13. The molecule has 0 radical (unpaired) electrons. The lowest BCUT2D eigenvalue weighted by Crippen LogP contribution is -1.96. The van der Waals surface area contributed by atoms with Gasteiger partial charge in [0, 0.05) is 49.6 Å². The maximum Gasteiger partial charge on any atom is 0.160 e. The molecule has 0 aliphatic rings. The summed E-state index contributed by atoms with van der Waals surface area (Å²) in [4.78, 5) is 10.2. The third-order valence-corrected chi connectivity index (χ3v) is 11.9. The highest BCUT2D eigenvalue weighted by Gasteiger charge is 2.17. The average molecular weight is 765 g/mol. The van der Waals surface area contributed by atoms with Gasteiger partial charge in [-0.3, -0.25) is 0 Å². The van der Waals surface area contributed by atoms with E-state index in [0.717, 1.165) is 44.5 Å². The average Bonchev–Trinajstić information content (AvgIpc) is 3.84. The molecule has 4 nitrogen and oxygen atoms in total. The number of benzene rings is 9. The minimum absolute atomic E-state index is 0.703. The summed E-state index contributed by atoms with van der Waals surface area (Å²) in [6, 6.07) is 78.0. The van der Waals surface area contributed by atoms with Crippen molar-refractivity contribution in [2.45, 2.75) is 0 Å². The van der Waals surface area contributed by atoms with Crippen molar-refractivity contribution in [3.8, 4) is 56.4 Å². The quantitative estimate of drug-likeness (QED) is 0.169. The lowest BCUT2D eigenvalue weighted by Gasteiger charge is -2.12. The number of rotatable bonds is 6. The van der Waals surface area contributed by atoms with Crippen LogP contribution in [0.1, 0.15) is 0 Å². The molecule has 3 aromatic heterocycles. The molecular formula is C56H36N4. The second-order valence-corrected chi connectivity index (χ2v) is 15.4. The Hall–Kier alpha value is -8.08. The monoisotopic (exact) mass is 764 g/mol. The van der Waals surface area contributed by atoms with Gasteiger partial charge < -0.3 is 9.13 Å². The lowest BCUT2D eigenvalue weighted by atomic mass is 10.0. The smallest absolute Gasteiger partial charge is 0.160 e. The summed E-state index contributed by atoms with van der Waals surface area (Å²) in [6.45, 7) is 0. The lowest BCUT2D eigenvalue weighted by molar-refractivity contribution is 1.18. The van der Waals surface area contributed by atoms with Gasteiger partial charge in [-0.2, -0.15) is 0 Å². The van der Waals surface area contributed by atoms with Crippen LogP contribution in [-0.4, -0.2) is 19.1 Å². The van der Waals surface area contributed by atoms with E-state index >= 15 is 0 Å². The molecule has 0 aliphatic carbocycles. The Bertz CT molecular complexity index is 3530. The van der Waals surface area contributed by atoms with Crippen LogP contribution in [0.2, 0.25) is 0 Å². The summed E-state index contributed by atoms with van der Waals surface area (Å²) in [6.07, 6.45) is 0. The van der Waals surface area contributed by atoms with Crippen molar-refractivity contribution in [2.75, 3.05) is 0 Å². The van der Waals surface area contributed by atoms with E-state index in [2.05, 4.69) is 215 Å². The zero-order valence-electron chi connectivity index (χ0n) is 32.6. The Morgan fingerprint density at radius 1 is 0.267 bits per heavy atom. The fraction of sp³-hybridized carbons (Fsp3) is 0. The van der Waals surface area contributed by atoms with Gasteiger partial charge >= 0.3 is 0 Å². The van der Waals surface area contributed by atoms with Gasteiger partial charge in [-0.05, 0) is 94.7 Å². The van der Waals surface area contributed by atoms with Crippen LogP contribution < -0.4 is 0 Å². The minimum Gasteiger partial charge on any atom is -0.309 e. The van der Waals surface area contributed by atoms with Crippen molar-refractivity contribution in [3.63, 3.8) is 0 Å². The van der Waals surface area contributed by atoms with Gasteiger partial charge in [-0.1, -0.05) is 146 Å². The van der Waals surface area contributed by atoms with E-state index in [-0.39, 0.29) is 0 Å². The summed E-state index contributed by atoms with van der Waals surface area (Å²) >= 11 is 0. The maximum atomic E-state index is 5.12. The molecule has 0 spiro atoms. The van der Waals surface area contributed by atoms with E-state index in [9.17, 15) is 0 Å². The first-order valence-electron chi connectivity index (χ1n) is 20.4. The van der Waals surface area contributed by atoms with Gasteiger partial charge in [0.05, 0.1) is 33.5 Å². The molecule has 9 aromatic carbocycles. The van der Waals surface area contributed by atoms with Crippen molar-refractivity contribution >= 4 is 54.4 Å². The largest absolute Gasteiger partial charge is 0.309 e. The standard InChI is InChI=1S/C56H36N4/c1-4-14-38(15-5-1)50-36-51(39-16-6-2-7-17-39)58-56(57-50)42-25-24-37-26-29-45(33-43(37)32-42)60-53-23-13-11-21-47(53)49-35-41(28-31-55(49)60)40-27-30-54-48(34-40)46-20-10-12-22-52(46)59(54)44-18-8-3-9-19-44/h1-36H. The Kier molecular flexibility index (Phi) is 7.82. The molecule has 280 valence electrons.